The Kier molecular flexibility index (Phi) is 5.94. The van der Waals surface area contributed by atoms with Gasteiger partial charge in [-0.2, -0.15) is 4.39 Å². The molecule has 30 heavy (non-hydrogen) atoms. The van der Waals surface area contributed by atoms with Gasteiger partial charge in [-0.1, -0.05) is 0 Å². The highest BCUT2D eigenvalue weighted by Gasteiger charge is 2.42. The lowest BCUT2D eigenvalue weighted by atomic mass is 10.0. The van der Waals surface area contributed by atoms with Gasteiger partial charge in [0, 0.05) is 61.4 Å². The number of hydrogen-bond acceptors (Lipinski definition) is 4. The van der Waals surface area contributed by atoms with Crippen molar-refractivity contribution in [3.63, 3.8) is 0 Å². The smallest absolute Gasteiger partial charge is 0.219 e. The minimum absolute atomic E-state index is 0.0413. The number of carbonyl (C=O) groups is 1. The van der Waals surface area contributed by atoms with Crippen LogP contribution in [0.1, 0.15) is 43.2 Å². The number of benzene rings is 1. The Morgan fingerprint density at radius 3 is 2.73 bits per heavy atom. The maximum absolute atomic E-state index is 14.5. The van der Waals surface area contributed by atoms with E-state index in [1.807, 2.05) is 4.90 Å². The van der Waals surface area contributed by atoms with Crippen LogP contribution >= 0.6 is 0 Å². The van der Waals surface area contributed by atoms with Gasteiger partial charge in [-0.05, 0) is 37.5 Å². The fraction of sp³-hybridized carbons (Fsp3) is 0.455. The van der Waals surface area contributed by atoms with Crippen molar-refractivity contribution in [3.8, 4) is 5.75 Å². The van der Waals surface area contributed by atoms with Crippen LogP contribution in [0.5, 0.6) is 5.75 Å². The summed E-state index contributed by atoms with van der Waals surface area (Å²) in [4.78, 5) is 16.8. The zero-order chi connectivity index (χ0) is 21.3. The Hall–Kier alpha value is -2.61. The molecule has 0 spiro atoms. The van der Waals surface area contributed by atoms with Crippen molar-refractivity contribution in [3.05, 3.63) is 59.2 Å². The quantitative estimate of drug-likeness (QED) is 0.728. The number of piperidine rings is 1. The van der Waals surface area contributed by atoms with Crippen LogP contribution in [0.4, 0.5) is 13.2 Å². The van der Waals surface area contributed by atoms with Gasteiger partial charge in [0.2, 0.25) is 11.9 Å². The molecule has 1 saturated heterocycles. The highest BCUT2D eigenvalue weighted by molar-refractivity contribution is 5.73. The molecule has 2 unspecified atom stereocenters. The standard InChI is InChI=1S/C22H24F3N3O2/c1-13(29)28-7-4-16(5-8-28)27-20-11-17(20)18-9-15(23)10-19(24)21(18)30-12-14-3-2-6-26-22(14)25/h2-3,6,9-10,16-17,20,27H,4-5,7-8,11-12H2,1H3. The van der Waals surface area contributed by atoms with Crippen LogP contribution in [-0.4, -0.2) is 41.0 Å². The summed E-state index contributed by atoms with van der Waals surface area (Å²) in [5.41, 5.74) is 0.658. The summed E-state index contributed by atoms with van der Waals surface area (Å²) >= 11 is 0. The van der Waals surface area contributed by atoms with Gasteiger partial charge in [0.05, 0.1) is 0 Å². The Morgan fingerprint density at radius 1 is 1.27 bits per heavy atom. The molecule has 2 fully saturated rings. The minimum atomic E-state index is -0.797. The van der Waals surface area contributed by atoms with E-state index >= 15 is 0 Å². The minimum Gasteiger partial charge on any atom is -0.485 e. The molecular formula is C22H24F3N3O2. The topological polar surface area (TPSA) is 54.5 Å². The summed E-state index contributed by atoms with van der Waals surface area (Å²) in [5.74, 6) is -2.17. The number of rotatable bonds is 6. The monoisotopic (exact) mass is 419 g/mol. The van der Waals surface area contributed by atoms with Gasteiger partial charge < -0.3 is 15.0 Å². The predicted octanol–water partition coefficient (Wildman–Crippen LogP) is 3.53. The van der Waals surface area contributed by atoms with E-state index in [-0.39, 0.29) is 41.8 Å². The summed E-state index contributed by atoms with van der Waals surface area (Å²) in [5, 5.41) is 3.54. The second-order valence-corrected chi connectivity index (χ2v) is 7.94. The molecule has 1 aromatic heterocycles. The van der Waals surface area contributed by atoms with Crippen molar-refractivity contribution >= 4 is 5.91 Å². The Labute approximate surface area is 173 Å². The van der Waals surface area contributed by atoms with Crippen molar-refractivity contribution in [1.29, 1.82) is 0 Å². The van der Waals surface area contributed by atoms with E-state index in [0.29, 0.717) is 18.7 Å². The third-order valence-electron chi connectivity index (χ3n) is 5.83. The number of amides is 1. The first-order chi connectivity index (χ1) is 14.4. The molecule has 0 radical (unpaired) electrons. The van der Waals surface area contributed by atoms with E-state index in [0.717, 1.165) is 25.3 Å². The average Bonchev–Trinajstić information content (AvgIpc) is 3.47. The van der Waals surface area contributed by atoms with Gasteiger partial charge in [-0.3, -0.25) is 4.79 Å². The second kappa shape index (κ2) is 8.63. The van der Waals surface area contributed by atoms with Crippen molar-refractivity contribution < 1.29 is 22.7 Å². The Bertz CT molecular complexity index is 932. The van der Waals surface area contributed by atoms with Gasteiger partial charge in [-0.25, -0.2) is 13.8 Å². The maximum Gasteiger partial charge on any atom is 0.219 e. The van der Waals surface area contributed by atoms with Crippen LogP contribution in [0.2, 0.25) is 0 Å². The SMILES string of the molecule is CC(=O)N1CCC(NC2CC2c2cc(F)cc(F)c2OCc2cccnc2F)CC1. The number of nitrogens with one attached hydrogen (secondary N) is 1. The lowest BCUT2D eigenvalue weighted by Crippen LogP contribution is -2.45. The fourth-order valence-electron chi connectivity index (χ4n) is 4.07. The molecule has 1 aliphatic carbocycles. The van der Waals surface area contributed by atoms with E-state index in [9.17, 15) is 18.0 Å². The summed E-state index contributed by atoms with van der Waals surface area (Å²) < 4.78 is 47.7. The van der Waals surface area contributed by atoms with E-state index < -0.39 is 17.6 Å². The first kappa shape index (κ1) is 20.7. The number of carbonyl (C=O) groups excluding carboxylic acids is 1. The summed E-state index contributed by atoms with van der Waals surface area (Å²) in [6.45, 7) is 2.81. The molecule has 1 N–H and O–H groups in total. The molecule has 160 valence electrons. The molecule has 1 aromatic carbocycles. The van der Waals surface area contributed by atoms with Crippen LogP contribution in [0, 0.1) is 17.6 Å². The van der Waals surface area contributed by atoms with E-state index in [2.05, 4.69) is 10.3 Å². The lowest BCUT2D eigenvalue weighted by molar-refractivity contribution is -0.129. The first-order valence-electron chi connectivity index (χ1n) is 10.1. The summed E-state index contributed by atoms with van der Waals surface area (Å²) in [6, 6.07) is 5.52. The Balaban J connectivity index is 1.42. The molecule has 2 aromatic rings. The normalized spacial score (nSPS) is 21.5. The largest absolute Gasteiger partial charge is 0.485 e. The average molecular weight is 419 g/mol. The van der Waals surface area contributed by atoms with Crippen LogP contribution in [-0.2, 0) is 11.4 Å². The lowest BCUT2D eigenvalue weighted by Gasteiger charge is -2.32. The summed E-state index contributed by atoms with van der Waals surface area (Å²) in [7, 11) is 0. The molecule has 2 heterocycles. The third kappa shape index (κ3) is 4.59. The van der Waals surface area contributed by atoms with Gasteiger partial charge >= 0.3 is 0 Å². The molecule has 2 atom stereocenters. The Morgan fingerprint density at radius 2 is 2.03 bits per heavy atom. The molecule has 1 amide bonds. The fourth-order valence-corrected chi connectivity index (χ4v) is 4.07. The zero-order valence-corrected chi connectivity index (χ0v) is 16.7. The number of nitrogens with zero attached hydrogens (tertiary/aromatic N) is 2. The molecule has 0 bridgehead atoms. The summed E-state index contributed by atoms with van der Waals surface area (Å²) in [6.07, 6.45) is 3.77. The number of ether oxygens (including phenoxy) is 1. The molecule has 1 saturated carbocycles. The number of pyridine rings is 1. The second-order valence-electron chi connectivity index (χ2n) is 7.94. The molecule has 1 aliphatic heterocycles. The molecule has 5 nitrogen and oxygen atoms in total. The van der Waals surface area contributed by atoms with Gasteiger partial charge in [0.15, 0.2) is 11.6 Å². The van der Waals surface area contributed by atoms with Gasteiger partial charge in [0.1, 0.15) is 12.4 Å². The zero-order valence-electron chi connectivity index (χ0n) is 16.7. The number of hydrogen-bond donors (Lipinski definition) is 1. The molecule has 4 rings (SSSR count). The van der Waals surface area contributed by atoms with Crippen LogP contribution in [0.15, 0.2) is 30.5 Å². The van der Waals surface area contributed by atoms with Crippen LogP contribution < -0.4 is 10.1 Å². The molecule has 8 heteroatoms. The van der Waals surface area contributed by atoms with E-state index in [1.165, 1.54) is 18.3 Å². The third-order valence-corrected chi connectivity index (χ3v) is 5.83. The van der Waals surface area contributed by atoms with Crippen molar-refractivity contribution in [2.24, 2.45) is 0 Å². The van der Waals surface area contributed by atoms with Gasteiger partial charge in [-0.15, -0.1) is 0 Å². The number of aromatic nitrogens is 1. The maximum atomic E-state index is 14.5. The van der Waals surface area contributed by atoms with Crippen molar-refractivity contribution in [1.82, 2.24) is 15.2 Å². The highest BCUT2D eigenvalue weighted by Crippen LogP contribution is 2.46. The van der Waals surface area contributed by atoms with Crippen molar-refractivity contribution in [2.45, 2.75) is 50.8 Å². The number of likely N-dealkylation sites (tertiary alicyclic amines) is 1. The van der Waals surface area contributed by atoms with Crippen LogP contribution in [0.25, 0.3) is 0 Å². The molecular weight excluding hydrogens is 395 g/mol. The van der Waals surface area contributed by atoms with Crippen molar-refractivity contribution in [2.75, 3.05) is 13.1 Å². The number of halogens is 3. The molecule has 2 aliphatic rings. The van der Waals surface area contributed by atoms with E-state index in [1.54, 1.807) is 13.0 Å². The van der Waals surface area contributed by atoms with E-state index in [4.69, 9.17) is 4.74 Å². The van der Waals surface area contributed by atoms with Gasteiger partial charge in [0.25, 0.3) is 0 Å². The highest BCUT2D eigenvalue weighted by atomic mass is 19.1. The van der Waals surface area contributed by atoms with Crippen LogP contribution in [0.3, 0.4) is 0 Å². The predicted molar refractivity (Wildman–Crippen MR) is 104 cm³/mol. The first-order valence-corrected chi connectivity index (χ1v) is 10.1.